The van der Waals surface area contributed by atoms with Gasteiger partial charge in [-0.3, -0.25) is 0 Å². The first kappa shape index (κ1) is 13.7. The molecule has 1 heterocycles. The van der Waals surface area contributed by atoms with Crippen LogP contribution in [0.3, 0.4) is 0 Å². The largest absolute Gasteiger partial charge is 0.367 e. The number of aromatic amines is 1. The fourth-order valence-corrected chi connectivity index (χ4v) is 2.02. The Morgan fingerprint density at radius 2 is 2.16 bits per heavy atom. The summed E-state index contributed by atoms with van der Waals surface area (Å²) in [7, 11) is 0. The molecule has 1 aromatic carbocycles. The molecular weight excluding hydrogens is 261 g/mol. The molecule has 0 fully saturated rings. The zero-order chi connectivity index (χ0) is 13.7. The molecule has 0 bridgehead atoms. The number of halogens is 1. The standard InChI is InChI=1S/C14H16FN3S/c1-2-5-12-17-13(8-14(19)18-12)16-9-10-6-3-4-7-11(10)15/h3-4,6-8H,2,5,9H2,1H3,(H2,16,17,18,19). The molecule has 0 aliphatic carbocycles. The van der Waals surface area contributed by atoms with Gasteiger partial charge in [0.2, 0.25) is 0 Å². The van der Waals surface area contributed by atoms with Crippen LogP contribution in [-0.4, -0.2) is 9.97 Å². The van der Waals surface area contributed by atoms with Crippen LogP contribution in [0.25, 0.3) is 0 Å². The highest BCUT2D eigenvalue weighted by molar-refractivity contribution is 7.71. The lowest BCUT2D eigenvalue weighted by Gasteiger charge is -2.09. The highest BCUT2D eigenvalue weighted by atomic mass is 32.1. The number of anilines is 1. The second kappa shape index (κ2) is 6.43. The Balaban J connectivity index is 2.11. The van der Waals surface area contributed by atoms with Crippen molar-refractivity contribution in [2.45, 2.75) is 26.3 Å². The van der Waals surface area contributed by atoms with Crippen molar-refractivity contribution in [1.29, 1.82) is 0 Å². The monoisotopic (exact) mass is 277 g/mol. The molecule has 0 unspecified atom stereocenters. The minimum atomic E-state index is -0.212. The average Bonchev–Trinajstić information content (AvgIpc) is 2.37. The summed E-state index contributed by atoms with van der Waals surface area (Å²) in [4.78, 5) is 7.41. The van der Waals surface area contributed by atoms with Gasteiger partial charge in [0.1, 0.15) is 22.1 Å². The van der Waals surface area contributed by atoms with Crippen molar-refractivity contribution in [3.63, 3.8) is 0 Å². The highest BCUT2D eigenvalue weighted by Crippen LogP contribution is 2.10. The highest BCUT2D eigenvalue weighted by Gasteiger charge is 2.02. The summed E-state index contributed by atoms with van der Waals surface area (Å²) in [5, 5.41) is 3.14. The quantitative estimate of drug-likeness (QED) is 0.816. The fraction of sp³-hybridized carbons (Fsp3) is 0.286. The van der Waals surface area contributed by atoms with Gasteiger partial charge < -0.3 is 10.3 Å². The molecule has 0 aliphatic rings. The molecule has 2 aromatic rings. The minimum absolute atomic E-state index is 0.212. The van der Waals surface area contributed by atoms with Gasteiger partial charge in [0.25, 0.3) is 0 Å². The van der Waals surface area contributed by atoms with Gasteiger partial charge in [0.05, 0.1) is 0 Å². The lowest BCUT2D eigenvalue weighted by molar-refractivity contribution is 0.613. The lowest BCUT2D eigenvalue weighted by atomic mass is 10.2. The number of nitrogens with one attached hydrogen (secondary N) is 2. The Morgan fingerprint density at radius 1 is 1.37 bits per heavy atom. The van der Waals surface area contributed by atoms with E-state index < -0.39 is 0 Å². The van der Waals surface area contributed by atoms with Gasteiger partial charge in [-0.15, -0.1) is 0 Å². The van der Waals surface area contributed by atoms with Crippen molar-refractivity contribution in [2.24, 2.45) is 0 Å². The van der Waals surface area contributed by atoms with Crippen LogP contribution in [0.4, 0.5) is 10.2 Å². The van der Waals surface area contributed by atoms with Crippen molar-refractivity contribution in [1.82, 2.24) is 9.97 Å². The molecule has 0 spiro atoms. The third kappa shape index (κ3) is 3.86. The Morgan fingerprint density at radius 3 is 2.89 bits per heavy atom. The summed E-state index contributed by atoms with van der Waals surface area (Å²) in [6.45, 7) is 2.49. The summed E-state index contributed by atoms with van der Waals surface area (Å²) < 4.78 is 14.0. The van der Waals surface area contributed by atoms with Crippen LogP contribution < -0.4 is 5.32 Å². The normalized spacial score (nSPS) is 10.4. The van der Waals surface area contributed by atoms with E-state index in [4.69, 9.17) is 12.2 Å². The van der Waals surface area contributed by atoms with Crippen LogP contribution in [0.15, 0.2) is 30.3 Å². The van der Waals surface area contributed by atoms with E-state index in [1.54, 1.807) is 18.2 Å². The third-order valence-electron chi connectivity index (χ3n) is 2.71. The molecule has 1 aromatic heterocycles. The van der Waals surface area contributed by atoms with Crippen molar-refractivity contribution >= 4 is 18.0 Å². The molecule has 0 aliphatic heterocycles. The average molecular weight is 277 g/mol. The molecule has 0 saturated carbocycles. The van der Waals surface area contributed by atoms with Gasteiger partial charge >= 0.3 is 0 Å². The zero-order valence-corrected chi connectivity index (χ0v) is 11.6. The van der Waals surface area contributed by atoms with Gasteiger partial charge in [-0.05, 0) is 12.5 Å². The molecule has 0 saturated heterocycles. The zero-order valence-electron chi connectivity index (χ0n) is 10.7. The minimum Gasteiger partial charge on any atom is -0.367 e. The smallest absolute Gasteiger partial charge is 0.131 e. The summed E-state index contributed by atoms with van der Waals surface area (Å²) in [6, 6.07) is 8.45. The maximum Gasteiger partial charge on any atom is 0.131 e. The van der Waals surface area contributed by atoms with Crippen LogP contribution in [0.2, 0.25) is 0 Å². The first-order valence-corrected chi connectivity index (χ1v) is 6.67. The maximum atomic E-state index is 13.5. The van der Waals surface area contributed by atoms with Crippen molar-refractivity contribution in [3.8, 4) is 0 Å². The Kier molecular flexibility index (Phi) is 4.63. The topological polar surface area (TPSA) is 40.7 Å². The number of aromatic nitrogens is 2. The van der Waals surface area contributed by atoms with E-state index in [1.165, 1.54) is 6.07 Å². The van der Waals surface area contributed by atoms with Gasteiger partial charge in [-0.1, -0.05) is 37.3 Å². The summed E-state index contributed by atoms with van der Waals surface area (Å²) >= 11 is 5.11. The Bertz CT molecular complexity index is 610. The van der Waals surface area contributed by atoms with Crippen LogP contribution in [0.1, 0.15) is 24.7 Å². The van der Waals surface area contributed by atoms with E-state index in [9.17, 15) is 4.39 Å². The molecule has 3 nitrogen and oxygen atoms in total. The van der Waals surface area contributed by atoms with Gasteiger partial charge in [0, 0.05) is 24.6 Å². The number of hydrogen-bond acceptors (Lipinski definition) is 3. The van der Waals surface area contributed by atoms with Gasteiger partial charge in [0.15, 0.2) is 0 Å². The first-order chi connectivity index (χ1) is 9.19. The molecule has 100 valence electrons. The van der Waals surface area contributed by atoms with Crippen LogP contribution in [-0.2, 0) is 13.0 Å². The number of H-pyrrole nitrogens is 1. The lowest BCUT2D eigenvalue weighted by Crippen LogP contribution is -2.05. The summed E-state index contributed by atoms with van der Waals surface area (Å²) in [6.07, 6.45) is 1.84. The van der Waals surface area contributed by atoms with Crippen molar-refractivity contribution < 1.29 is 4.39 Å². The Hall–Kier alpha value is -1.75. The maximum absolute atomic E-state index is 13.5. The molecule has 5 heteroatoms. The predicted molar refractivity (Wildman–Crippen MR) is 77.1 cm³/mol. The Labute approximate surface area is 116 Å². The third-order valence-corrected chi connectivity index (χ3v) is 2.91. The number of rotatable bonds is 5. The second-order valence-electron chi connectivity index (χ2n) is 4.27. The van der Waals surface area contributed by atoms with E-state index in [0.717, 1.165) is 24.5 Å². The SMILES string of the molecule is CCCc1nc(=S)cc(NCc2ccccc2F)[nH]1. The number of hydrogen-bond donors (Lipinski definition) is 2. The predicted octanol–water partition coefficient (Wildman–Crippen LogP) is 3.84. The number of nitrogens with zero attached hydrogens (tertiary/aromatic N) is 1. The molecular formula is C14H16FN3S. The number of benzene rings is 1. The molecule has 2 N–H and O–H groups in total. The molecule has 2 rings (SSSR count). The van der Waals surface area contributed by atoms with E-state index in [1.807, 2.05) is 6.07 Å². The summed E-state index contributed by atoms with van der Waals surface area (Å²) in [5.74, 6) is 1.41. The van der Waals surface area contributed by atoms with Gasteiger partial charge in [-0.25, -0.2) is 9.37 Å². The van der Waals surface area contributed by atoms with E-state index in [2.05, 4.69) is 22.2 Å². The van der Waals surface area contributed by atoms with Crippen LogP contribution in [0.5, 0.6) is 0 Å². The molecule has 0 amide bonds. The second-order valence-corrected chi connectivity index (χ2v) is 4.69. The van der Waals surface area contributed by atoms with Crippen LogP contribution in [0, 0.1) is 10.5 Å². The van der Waals surface area contributed by atoms with E-state index >= 15 is 0 Å². The molecule has 0 atom stereocenters. The summed E-state index contributed by atoms with van der Waals surface area (Å²) in [5.41, 5.74) is 0.621. The van der Waals surface area contributed by atoms with E-state index in [0.29, 0.717) is 16.7 Å². The number of aryl methyl sites for hydroxylation is 1. The molecule has 0 radical (unpaired) electrons. The van der Waals surface area contributed by atoms with E-state index in [-0.39, 0.29) is 5.82 Å². The van der Waals surface area contributed by atoms with Gasteiger partial charge in [-0.2, -0.15) is 0 Å². The fourth-order valence-electron chi connectivity index (χ4n) is 1.79. The first-order valence-electron chi connectivity index (χ1n) is 6.26. The molecule has 19 heavy (non-hydrogen) atoms. The van der Waals surface area contributed by atoms with Crippen LogP contribution >= 0.6 is 12.2 Å². The van der Waals surface area contributed by atoms with Crippen molar-refractivity contribution in [3.05, 3.63) is 52.2 Å². The van der Waals surface area contributed by atoms with Crippen molar-refractivity contribution in [2.75, 3.05) is 5.32 Å².